The third-order valence-corrected chi connectivity index (χ3v) is 2.88. The molecule has 2 rings (SSSR count). The van der Waals surface area contributed by atoms with E-state index in [1.165, 1.54) is 6.20 Å². The third-order valence-electron chi connectivity index (χ3n) is 2.88. The number of piperazine rings is 1. The fourth-order valence-electron chi connectivity index (χ4n) is 1.76. The average Bonchev–Trinajstić information content (AvgIpc) is 2.30. The van der Waals surface area contributed by atoms with Gasteiger partial charge in [-0.2, -0.15) is 0 Å². The summed E-state index contributed by atoms with van der Waals surface area (Å²) in [5, 5.41) is 0. The molecule has 1 fully saturated rings. The minimum absolute atomic E-state index is 0.0151. The van der Waals surface area contributed by atoms with E-state index in [-0.39, 0.29) is 5.91 Å². The third kappa shape index (κ3) is 2.14. The van der Waals surface area contributed by atoms with Crippen molar-refractivity contribution in [1.29, 1.82) is 0 Å². The Morgan fingerprint density at radius 3 is 2.69 bits per heavy atom. The van der Waals surface area contributed by atoms with Crippen LogP contribution in [0.3, 0.4) is 0 Å². The molecule has 0 atom stereocenters. The summed E-state index contributed by atoms with van der Waals surface area (Å²) in [5.41, 5.74) is 6.76. The highest BCUT2D eigenvalue weighted by atomic mass is 16.2. The molecule has 1 amide bonds. The number of rotatable bonds is 1. The molecule has 2 heterocycles. The number of hydrogen-bond donors (Lipinski definition) is 1. The molecule has 0 spiro atoms. The number of carbonyl (C=O) groups excluding carboxylic acids is 1. The molecule has 0 radical (unpaired) electrons. The predicted molar refractivity (Wildman–Crippen MR) is 62.0 cm³/mol. The van der Waals surface area contributed by atoms with Crippen LogP contribution in [0.5, 0.6) is 0 Å². The lowest BCUT2D eigenvalue weighted by atomic mass is 10.2. The summed E-state index contributed by atoms with van der Waals surface area (Å²) in [4.78, 5) is 20.1. The zero-order chi connectivity index (χ0) is 11.5. The Labute approximate surface area is 94.9 Å². The summed E-state index contributed by atoms with van der Waals surface area (Å²) < 4.78 is 0. The van der Waals surface area contributed by atoms with Crippen molar-refractivity contribution >= 4 is 11.6 Å². The number of pyridine rings is 1. The van der Waals surface area contributed by atoms with E-state index >= 15 is 0 Å². The molecule has 0 aliphatic carbocycles. The van der Waals surface area contributed by atoms with Gasteiger partial charge in [0.1, 0.15) is 0 Å². The molecule has 1 aliphatic rings. The second-order valence-electron chi connectivity index (χ2n) is 4.06. The van der Waals surface area contributed by atoms with Crippen LogP contribution in [0.25, 0.3) is 0 Å². The molecule has 2 N–H and O–H groups in total. The Hall–Kier alpha value is -1.62. The quantitative estimate of drug-likeness (QED) is 0.726. The number of amides is 1. The van der Waals surface area contributed by atoms with Crippen LogP contribution >= 0.6 is 0 Å². The number of nitrogens with zero attached hydrogens (tertiary/aromatic N) is 3. The molecule has 5 heteroatoms. The number of aromatic nitrogens is 1. The molecule has 0 saturated carbocycles. The van der Waals surface area contributed by atoms with E-state index in [4.69, 9.17) is 5.73 Å². The summed E-state index contributed by atoms with van der Waals surface area (Å²) in [6, 6.07) is 1.66. The smallest absolute Gasteiger partial charge is 0.257 e. The lowest BCUT2D eigenvalue weighted by Crippen LogP contribution is -2.47. The van der Waals surface area contributed by atoms with Crippen molar-refractivity contribution < 1.29 is 4.79 Å². The van der Waals surface area contributed by atoms with Crippen molar-refractivity contribution in [2.24, 2.45) is 0 Å². The molecular weight excluding hydrogens is 204 g/mol. The molecular formula is C11H16N4O. The maximum absolute atomic E-state index is 12.1. The maximum atomic E-state index is 12.1. The van der Waals surface area contributed by atoms with Gasteiger partial charge in [0.05, 0.1) is 5.56 Å². The van der Waals surface area contributed by atoms with Crippen LogP contribution in [-0.4, -0.2) is 53.9 Å². The summed E-state index contributed by atoms with van der Waals surface area (Å²) >= 11 is 0. The van der Waals surface area contributed by atoms with E-state index in [0.29, 0.717) is 11.3 Å². The van der Waals surface area contributed by atoms with Gasteiger partial charge in [0.2, 0.25) is 0 Å². The molecule has 0 bridgehead atoms. The van der Waals surface area contributed by atoms with Gasteiger partial charge in [0, 0.05) is 44.3 Å². The highest BCUT2D eigenvalue weighted by Crippen LogP contribution is 2.13. The Balaban J connectivity index is 2.11. The molecule has 16 heavy (non-hydrogen) atoms. The number of nitrogen functional groups attached to an aromatic ring is 1. The number of anilines is 1. The molecule has 1 aromatic rings. The van der Waals surface area contributed by atoms with Gasteiger partial charge >= 0.3 is 0 Å². The van der Waals surface area contributed by atoms with Crippen molar-refractivity contribution in [3.63, 3.8) is 0 Å². The fourth-order valence-corrected chi connectivity index (χ4v) is 1.76. The van der Waals surface area contributed by atoms with Crippen LogP contribution in [-0.2, 0) is 0 Å². The largest absolute Gasteiger partial charge is 0.398 e. The first-order valence-corrected chi connectivity index (χ1v) is 5.36. The second kappa shape index (κ2) is 4.49. The topological polar surface area (TPSA) is 62.5 Å². The predicted octanol–water partition coefficient (Wildman–Crippen LogP) is 0.0514. The van der Waals surface area contributed by atoms with Crippen molar-refractivity contribution in [2.75, 3.05) is 39.0 Å². The first-order chi connectivity index (χ1) is 7.68. The van der Waals surface area contributed by atoms with Crippen molar-refractivity contribution in [1.82, 2.24) is 14.8 Å². The van der Waals surface area contributed by atoms with Gasteiger partial charge in [-0.1, -0.05) is 0 Å². The molecule has 0 aromatic carbocycles. The summed E-state index contributed by atoms with van der Waals surface area (Å²) in [5.74, 6) is -0.0151. The van der Waals surface area contributed by atoms with E-state index in [9.17, 15) is 4.79 Å². The van der Waals surface area contributed by atoms with Crippen molar-refractivity contribution in [3.8, 4) is 0 Å². The van der Waals surface area contributed by atoms with Crippen LogP contribution in [0.2, 0.25) is 0 Å². The van der Waals surface area contributed by atoms with Crippen molar-refractivity contribution in [3.05, 3.63) is 24.0 Å². The minimum Gasteiger partial charge on any atom is -0.398 e. The Bertz CT molecular complexity index is 385. The molecule has 86 valence electrons. The Morgan fingerprint density at radius 2 is 2.06 bits per heavy atom. The molecule has 0 unspecified atom stereocenters. The number of hydrogen-bond acceptors (Lipinski definition) is 4. The molecule has 1 aliphatic heterocycles. The lowest BCUT2D eigenvalue weighted by molar-refractivity contribution is 0.0665. The number of likely N-dealkylation sites (N-methyl/N-ethyl adjacent to an activating group) is 1. The zero-order valence-electron chi connectivity index (χ0n) is 9.39. The summed E-state index contributed by atoms with van der Waals surface area (Å²) in [6.07, 6.45) is 3.13. The van der Waals surface area contributed by atoms with Gasteiger partial charge in [-0.25, -0.2) is 0 Å². The molecule has 1 aromatic heterocycles. The van der Waals surface area contributed by atoms with E-state index in [1.807, 2.05) is 4.90 Å². The first kappa shape index (κ1) is 10.9. The highest BCUT2D eigenvalue weighted by molar-refractivity contribution is 5.98. The van der Waals surface area contributed by atoms with Gasteiger partial charge in [0.25, 0.3) is 5.91 Å². The molecule has 5 nitrogen and oxygen atoms in total. The average molecular weight is 220 g/mol. The van der Waals surface area contributed by atoms with E-state index in [0.717, 1.165) is 26.2 Å². The van der Waals surface area contributed by atoms with E-state index in [2.05, 4.69) is 16.9 Å². The number of nitrogens with two attached hydrogens (primary N) is 1. The standard InChI is InChI=1S/C11H16N4O/c1-14-4-6-15(7-5-14)11(16)9-8-13-3-2-10(9)12/h2-3,8H,4-7H2,1H3,(H2,12,13). The Kier molecular flexibility index (Phi) is 3.05. The van der Waals surface area contributed by atoms with E-state index in [1.54, 1.807) is 12.3 Å². The van der Waals surface area contributed by atoms with Crippen LogP contribution in [0.1, 0.15) is 10.4 Å². The minimum atomic E-state index is -0.0151. The van der Waals surface area contributed by atoms with E-state index < -0.39 is 0 Å². The van der Waals surface area contributed by atoms with Gasteiger partial charge in [-0.15, -0.1) is 0 Å². The summed E-state index contributed by atoms with van der Waals surface area (Å²) in [6.45, 7) is 3.32. The van der Waals surface area contributed by atoms with Crippen LogP contribution in [0.15, 0.2) is 18.5 Å². The van der Waals surface area contributed by atoms with Gasteiger partial charge < -0.3 is 15.5 Å². The zero-order valence-corrected chi connectivity index (χ0v) is 9.39. The maximum Gasteiger partial charge on any atom is 0.257 e. The van der Waals surface area contributed by atoms with Crippen molar-refractivity contribution in [2.45, 2.75) is 0 Å². The highest BCUT2D eigenvalue weighted by Gasteiger charge is 2.21. The normalized spacial score (nSPS) is 17.4. The lowest BCUT2D eigenvalue weighted by Gasteiger charge is -2.32. The van der Waals surface area contributed by atoms with Gasteiger partial charge in [-0.3, -0.25) is 9.78 Å². The Morgan fingerprint density at radius 1 is 1.38 bits per heavy atom. The second-order valence-corrected chi connectivity index (χ2v) is 4.06. The first-order valence-electron chi connectivity index (χ1n) is 5.36. The SMILES string of the molecule is CN1CCN(C(=O)c2cnccc2N)CC1. The molecule has 1 saturated heterocycles. The monoisotopic (exact) mass is 220 g/mol. The van der Waals surface area contributed by atoms with Crippen LogP contribution in [0.4, 0.5) is 5.69 Å². The van der Waals surface area contributed by atoms with Gasteiger partial charge in [0.15, 0.2) is 0 Å². The fraction of sp³-hybridized carbons (Fsp3) is 0.455. The van der Waals surface area contributed by atoms with Gasteiger partial charge in [-0.05, 0) is 13.1 Å². The summed E-state index contributed by atoms with van der Waals surface area (Å²) in [7, 11) is 2.06. The number of carbonyl (C=O) groups is 1. The van der Waals surface area contributed by atoms with Crippen LogP contribution < -0.4 is 5.73 Å². The van der Waals surface area contributed by atoms with Crippen LogP contribution in [0, 0.1) is 0 Å².